The minimum Gasteiger partial charge on any atom is -0.259 e. The average Bonchev–Trinajstić information content (AvgIpc) is 3.01. The molecule has 130 valence electrons. The van der Waals surface area contributed by atoms with Crippen molar-refractivity contribution in [1.82, 2.24) is 15.0 Å². The lowest BCUT2D eigenvalue weighted by atomic mass is 10.1. The Kier molecular flexibility index (Phi) is 5.38. The highest BCUT2D eigenvalue weighted by atomic mass is 32.2. The van der Waals surface area contributed by atoms with E-state index in [9.17, 15) is 8.60 Å². The summed E-state index contributed by atoms with van der Waals surface area (Å²) in [5.74, 6) is 0.819. The van der Waals surface area contributed by atoms with Crippen LogP contribution in [0.15, 0.2) is 54.1 Å². The summed E-state index contributed by atoms with van der Waals surface area (Å²) >= 11 is 0. The summed E-state index contributed by atoms with van der Waals surface area (Å²) in [5, 5.41) is 8.49. The van der Waals surface area contributed by atoms with Crippen LogP contribution in [0.3, 0.4) is 0 Å². The zero-order chi connectivity index (χ0) is 17.8. The quantitative estimate of drug-likeness (QED) is 0.670. The SMILES string of the molecule is CCCS(=O)C/C(C)=C(\c1ccc(F)cc1)n1nnc2ccccc21. The summed E-state index contributed by atoms with van der Waals surface area (Å²) in [6.07, 6.45) is 0.873. The fourth-order valence-electron chi connectivity index (χ4n) is 2.80. The number of aromatic nitrogens is 3. The molecule has 2 aromatic carbocycles. The van der Waals surface area contributed by atoms with Gasteiger partial charge in [-0.1, -0.05) is 24.3 Å². The average molecular weight is 357 g/mol. The first-order chi connectivity index (χ1) is 12.1. The van der Waals surface area contributed by atoms with Crippen molar-refractivity contribution >= 4 is 27.5 Å². The Hall–Kier alpha value is -2.34. The van der Waals surface area contributed by atoms with Gasteiger partial charge >= 0.3 is 0 Å². The summed E-state index contributed by atoms with van der Waals surface area (Å²) in [6.45, 7) is 3.96. The molecule has 25 heavy (non-hydrogen) atoms. The lowest BCUT2D eigenvalue weighted by molar-refractivity contribution is 0.627. The second-order valence-corrected chi connectivity index (χ2v) is 7.49. The van der Waals surface area contributed by atoms with E-state index in [1.165, 1.54) is 12.1 Å². The first-order valence-corrected chi connectivity index (χ1v) is 9.70. The zero-order valence-electron chi connectivity index (χ0n) is 14.3. The number of hydrogen-bond acceptors (Lipinski definition) is 3. The van der Waals surface area contributed by atoms with Gasteiger partial charge in [-0.25, -0.2) is 9.07 Å². The van der Waals surface area contributed by atoms with Crippen molar-refractivity contribution < 1.29 is 8.60 Å². The van der Waals surface area contributed by atoms with Crippen LogP contribution in [0.4, 0.5) is 4.39 Å². The van der Waals surface area contributed by atoms with Gasteiger partial charge in [0.25, 0.3) is 0 Å². The van der Waals surface area contributed by atoms with Gasteiger partial charge in [-0.2, -0.15) is 0 Å². The number of nitrogens with zero attached hydrogens (tertiary/aromatic N) is 3. The highest BCUT2D eigenvalue weighted by Crippen LogP contribution is 2.25. The normalized spacial score (nSPS) is 13.7. The molecule has 4 nitrogen and oxygen atoms in total. The van der Waals surface area contributed by atoms with Gasteiger partial charge in [-0.3, -0.25) is 4.21 Å². The smallest absolute Gasteiger partial charge is 0.123 e. The first kappa shape index (κ1) is 17.5. The van der Waals surface area contributed by atoms with Crippen LogP contribution in [0.5, 0.6) is 0 Å². The van der Waals surface area contributed by atoms with E-state index < -0.39 is 10.8 Å². The Labute approximate surface area is 148 Å². The minimum atomic E-state index is -0.938. The molecule has 0 saturated heterocycles. The standard InChI is InChI=1S/C19H20FN3OS/c1-3-12-25(24)13-14(2)19(15-8-10-16(20)11-9-15)23-18-7-5-4-6-17(18)21-22-23/h4-11H,3,12-13H2,1-2H3/b19-14+. The number of halogens is 1. The number of hydrogen-bond donors (Lipinski definition) is 0. The molecule has 1 heterocycles. The van der Waals surface area contributed by atoms with Crippen molar-refractivity contribution in [3.63, 3.8) is 0 Å². The molecule has 3 aromatic rings. The lowest BCUT2D eigenvalue weighted by Crippen LogP contribution is -2.10. The molecule has 1 atom stereocenters. The second-order valence-electron chi connectivity index (χ2n) is 5.91. The summed E-state index contributed by atoms with van der Waals surface area (Å²) in [6, 6.07) is 13.9. The molecule has 0 aliphatic rings. The van der Waals surface area contributed by atoms with Crippen molar-refractivity contribution in [1.29, 1.82) is 0 Å². The van der Waals surface area contributed by atoms with Gasteiger partial charge in [0.05, 0.1) is 11.2 Å². The molecule has 0 amide bonds. The van der Waals surface area contributed by atoms with Gasteiger partial charge in [-0.15, -0.1) is 5.10 Å². The van der Waals surface area contributed by atoms with Crippen LogP contribution in [-0.2, 0) is 10.8 Å². The number of benzene rings is 2. The van der Waals surface area contributed by atoms with E-state index in [-0.39, 0.29) is 5.82 Å². The summed E-state index contributed by atoms with van der Waals surface area (Å²) in [4.78, 5) is 0. The van der Waals surface area contributed by atoms with Crippen molar-refractivity contribution in [2.24, 2.45) is 0 Å². The highest BCUT2D eigenvalue weighted by molar-refractivity contribution is 7.85. The molecule has 0 N–H and O–H groups in total. The van der Waals surface area contributed by atoms with Crippen LogP contribution >= 0.6 is 0 Å². The molecule has 0 fully saturated rings. The maximum absolute atomic E-state index is 13.4. The molecule has 0 bridgehead atoms. The number of rotatable bonds is 6. The van der Waals surface area contributed by atoms with Crippen LogP contribution < -0.4 is 0 Å². The second kappa shape index (κ2) is 7.70. The third-order valence-corrected chi connectivity index (χ3v) is 5.51. The van der Waals surface area contributed by atoms with E-state index in [0.29, 0.717) is 11.5 Å². The van der Waals surface area contributed by atoms with E-state index in [0.717, 1.165) is 34.3 Å². The Morgan fingerprint density at radius 2 is 1.88 bits per heavy atom. The van der Waals surface area contributed by atoms with Crippen LogP contribution in [0.2, 0.25) is 0 Å². The third kappa shape index (κ3) is 3.85. The predicted molar refractivity (Wildman–Crippen MR) is 100 cm³/mol. The number of para-hydroxylation sites is 1. The Morgan fingerprint density at radius 3 is 2.60 bits per heavy atom. The minimum absolute atomic E-state index is 0.293. The summed E-state index contributed by atoms with van der Waals surface area (Å²) in [5.41, 5.74) is 4.21. The van der Waals surface area contributed by atoms with Gasteiger partial charge in [0, 0.05) is 27.9 Å². The van der Waals surface area contributed by atoms with Gasteiger partial charge in [0.15, 0.2) is 0 Å². The molecule has 0 aliphatic carbocycles. The van der Waals surface area contributed by atoms with Crippen molar-refractivity contribution in [3.8, 4) is 0 Å². The lowest BCUT2D eigenvalue weighted by Gasteiger charge is -2.13. The molecule has 0 saturated carbocycles. The van der Waals surface area contributed by atoms with Gasteiger partial charge in [-0.05, 0) is 55.3 Å². The first-order valence-electron chi connectivity index (χ1n) is 8.21. The third-order valence-electron chi connectivity index (χ3n) is 3.89. The Morgan fingerprint density at radius 1 is 1.16 bits per heavy atom. The molecular formula is C19H20FN3OS. The van der Waals surface area contributed by atoms with Crippen LogP contribution in [0.1, 0.15) is 25.8 Å². The molecule has 0 radical (unpaired) electrons. The monoisotopic (exact) mass is 357 g/mol. The maximum atomic E-state index is 13.4. The molecule has 1 unspecified atom stereocenters. The molecule has 0 spiro atoms. The van der Waals surface area contributed by atoms with Gasteiger partial charge in [0.2, 0.25) is 0 Å². The number of fused-ring (bicyclic) bond motifs is 1. The zero-order valence-corrected chi connectivity index (χ0v) is 15.1. The Balaban J connectivity index is 2.15. The van der Waals surface area contributed by atoms with Crippen molar-refractivity contribution in [2.45, 2.75) is 20.3 Å². The molecule has 3 rings (SSSR count). The van der Waals surface area contributed by atoms with E-state index >= 15 is 0 Å². The van der Waals surface area contributed by atoms with Crippen LogP contribution in [-0.4, -0.2) is 30.7 Å². The fraction of sp³-hybridized carbons (Fsp3) is 0.263. The highest BCUT2D eigenvalue weighted by Gasteiger charge is 2.15. The molecule has 6 heteroatoms. The van der Waals surface area contributed by atoms with E-state index in [2.05, 4.69) is 10.3 Å². The van der Waals surface area contributed by atoms with E-state index in [4.69, 9.17) is 0 Å². The van der Waals surface area contributed by atoms with Crippen molar-refractivity contribution in [2.75, 3.05) is 11.5 Å². The van der Waals surface area contributed by atoms with E-state index in [1.54, 1.807) is 16.8 Å². The summed E-state index contributed by atoms with van der Waals surface area (Å²) in [7, 11) is -0.938. The topological polar surface area (TPSA) is 47.8 Å². The van der Waals surface area contributed by atoms with Gasteiger partial charge < -0.3 is 0 Å². The maximum Gasteiger partial charge on any atom is 0.123 e. The Bertz CT molecular complexity index is 931. The predicted octanol–water partition coefficient (Wildman–Crippen LogP) is 4.01. The summed E-state index contributed by atoms with van der Waals surface area (Å²) < 4.78 is 27.4. The van der Waals surface area contributed by atoms with E-state index in [1.807, 2.05) is 38.1 Å². The van der Waals surface area contributed by atoms with Crippen LogP contribution in [0.25, 0.3) is 16.7 Å². The fourth-order valence-corrected chi connectivity index (χ4v) is 4.02. The molecule has 1 aromatic heterocycles. The molecular weight excluding hydrogens is 337 g/mol. The molecule has 0 aliphatic heterocycles. The largest absolute Gasteiger partial charge is 0.259 e. The van der Waals surface area contributed by atoms with Crippen LogP contribution in [0, 0.1) is 5.82 Å². The van der Waals surface area contributed by atoms with Crippen molar-refractivity contribution in [3.05, 3.63) is 65.5 Å². The van der Waals surface area contributed by atoms with Gasteiger partial charge in [0.1, 0.15) is 11.3 Å².